The van der Waals surface area contributed by atoms with Crippen molar-refractivity contribution in [3.05, 3.63) is 35.9 Å². The molecule has 1 aliphatic heterocycles. The minimum Gasteiger partial charge on any atom is -0.497 e. The monoisotopic (exact) mass is 352 g/mol. The molecule has 3 aliphatic carbocycles. The van der Waals surface area contributed by atoms with Gasteiger partial charge in [0.05, 0.1) is 32.3 Å². The summed E-state index contributed by atoms with van der Waals surface area (Å²) in [5.41, 5.74) is 0.858. The molecule has 26 heavy (non-hydrogen) atoms. The van der Waals surface area contributed by atoms with Crippen molar-refractivity contribution in [2.24, 2.45) is 34.2 Å². The Hall–Kier alpha value is -2.63. The Kier molecular flexibility index (Phi) is 3.12. The molecule has 0 aromatic heterocycles. The van der Waals surface area contributed by atoms with Crippen molar-refractivity contribution < 1.29 is 19.1 Å². The molecule has 3 fully saturated rings. The highest BCUT2D eigenvalue weighted by molar-refractivity contribution is 6.07. The van der Waals surface area contributed by atoms with E-state index in [1.165, 1.54) is 6.21 Å². The first-order valence-electron chi connectivity index (χ1n) is 8.93. The SMILES string of the molecule is COc1ccc(OC)c(/C=N\N2C(=O)[C@@H]3[C@H](C2=O)[C@@H]2C=C[C@@H]3C23CC3)c1. The Morgan fingerprint density at radius 3 is 2.27 bits per heavy atom. The fraction of sp³-hybridized carbons (Fsp3) is 0.450. The molecule has 2 saturated carbocycles. The minimum absolute atomic E-state index is 0.166. The smallest absolute Gasteiger partial charge is 0.254 e. The second-order valence-electron chi connectivity index (χ2n) is 7.56. The number of benzene rings is 1. The maximum atomic E-state index is 12.9. The van der Waals surface area contributed by atoms with Gasteiger partial charge in [-0.15, -0.1) is 0 Å². The first-order chi connectivity index (χ1) is 12.6. The first-order valence-corrected chi connectivity index (χ1v) is 8.93. The number of carbonyl (C=O) groups is 2. The lowest BCUT2D eigenvalue weighted by atomic mass is 9.85. The van der Waals surface area contributed by atoms with Crippen LogP contribution in [-0.4, -0.2) is 37.3 Å². The fourth-order valence-corrected chi connectivity index (χ4v) is 5.24. The van der Waals surface area contributed by atoms with Crippen LogP contribution in [0.25, 0.3) is 0 Å². The van der Waals surface area contributed by atoms with Gasteiger partial charge in [0.15, 0.2) is 0 Å². The Morgan fingerprint density at radius 2 is 1.73 bits per heavy atom. The summed E-state index contributed by atoms with van der Waals surface area (Å²) in [5.74, 6) is 0.880. The number of imide groups is 1. The van der Waals surface area contributed by atoms with Gasteiger partial charge in [0.25, 0.3) is 11.8 Å². The minimum atomic E-state index is -0.232. The number of amides is 2. The molecule has 0 radical (unpaired) electrons. The van der Waals surface area contributed by atoms with E-state index in [4.69, 9.17) is 9.47 Å². The number of rotatable bonds is 4. The molecule has 6 heteroatoms. The molecule has 1 saturated heterocycles. The summed E-state index contributed by atoms with van der Waals surface area (Å²) >= 11 is 0. The number of carbonyl (C=O) groups excluding carboxylic acids is 2. The summed E-state index contributed by atoms with van der Waals surface area (Å²) in [6, 6.07) is 5.31. The molecule has 2 amide bonds. The topological polar surface area (TPSA) is 68.2 Å². The Balaban J connectivity index is 1.44. The quantitative estimate of drug-likeness (QED) is 0.473. The molecule has 0 unspecified atom stereocenters. The standard InChI is InChI=1S/C20H20N2O4/c1-25-12-3-6-15(26-2)11(9-12)10-21-22-18(23)16-13-4-5-14(17(16)19(22)24)20(13)7-8-20/h3-6,9-10,13-14,16-17H,7-8H2,1-2H3/b21-10-/t13-,14-,16-,17+/m0/s1. The molecular weight excluding hydrogens is 332 g/mol. The zero-order valence-electron chi connectivity index (χ0n) is 14.7. The van der Waals surface area contributed by atoms with Crippen LogP contribution in [0.5, 0.6) is 11.5 Å². The van der Waals surface area contributed by atoms with E-state index in [0.29, 0.717) is 17.1 Å². The van der Waals surface area contributed by atoms with Crippen LogP contribution in [0.1, 0.15) is 18.4 Å². The molecule has 2 bridgehead atoms. The number of nitrogens with zero attached hydrogens (tertiary/aromatic N) is 2. The summed E-state index contributed by atoms with van der Waals surface area (Å²) in [6.45, 7) is 0. The maximum Gasteiger partial charge on any atom is 0.254 e. The van der Waals surface area contributed by atoms with Crippen LogP contribution in [0.2, 0.25) is 0 Å². The van der Waals surface area contributed by atoms with Crippen molar-refractivity contribution in [1.29, 1.82) is 0 Å². The third-order valence-corrected chi connectivity index (χ3v) is 6.58. The predicted octanol–water partition coefficient (Wildman–Crippen LogP) is 2.23. The first kappa shape index (κ1) is 15.6. The summed E-state index contributed by atoms with van der Waals surface area (Å²) < 4.78 is 10.5. The van der Waals surface area contributed by atoms with Crippen molar-refractivity contribution in [2.45, 2.75) is 12.8 Å². The Bertz CT molecular complexity index is 837. The normalized spacial score (nSPS) is 32.8. The number of fused-ring (bicyclic) bond motifs is 3. The van der Waals surface area contributed by atoms with Gasteiger partial charge in [-0.3, -0.25) is 9.59 Å². The van der Waals surface area contributed by atoms with Crippen molar-refractivity contribution in [3.8, 4) is 11.5 Å². The number of allylic oxidation sites excluding steroid dienone is 2. The molecule has 0 N–H and O–H groups in total. The van der Waals surface area contributed by atoms with Gasteiger partial charge in [-0.1, -0.05) is 12.2 Å². The molecule has 1 aromatic rings. The van der Waals surface area contributed by atoms with E-state index < -0.39 is 0 Å². The molecule has 4 atom stereocenters. The van der Waals surface area contributed by atoms with Gasteiger partial charge in [0.2, 0.25) is 0 Å². The highest BCUT2D eigenvalue weighted by atomic mass is 16.5. The van der Waals surface area contributed by atoms with Gasteiger partial charge in [0.1, 0.15) is 11.5 Å². The van der Waals surface area contributed by atoms with Crippen LogP contribution in [0.3, 0.4) is 0 Å². The lowest BCUT2D eigenvalue weighted by Gasteiger charge is -2.18. The van der Waals surface area contributed by atoms with E-state index in [1.54, 1.807) is 32.4 Å². The maximum absolute atomic E-state index is 12.9. The van der Waals surface area contributed by atoms with Crippen molar-refractivity contribution >= 4 is 18.0 Å². The number of hydrazone groups is 1. The van der Waals surface area contributed by atoms with Gasteiger partial charge in [-0.05, 0) is 48.3 Å². The third kappa shape index (κ3) is 1.84. The van der Waals surface area contributed by atoms with Crippen LogP contribution in [-0.2, 0) is 9.59 Å². The fourth-order valence-electron chi connectivity index (χ4n) is 5.24. The average Bonchev–Trinajstić information content (AvgIpc) is 3.26. The number of hydrogen-bond acceptors (Lipinski definition) is 5. The molecular formula is C20H20N2O4. The number of hydrogen-bond donors (Lipinski definition) is 0. The van der Waals surface area contributed by atoms with Gasteiger partial charge in [-0.25, -0.2) is 0 Å². The van der Waals surface area contributed by atoms with Gasteiger partial charge in [0, 0.05) is 5.56 Å². The molecule has 1 aromatic carbocycles. The number of methoxy groups -OCH3 is 2. The molecule has 134 valence electrons. The van der Waals surface area contributed by atoms with Crippen molar-refractivity contribution in [3.63, 3.8) is 0 Å². The second-order valence-corrected chi connectivity index (χ2v) is 7.56. The van der Waals surface area contributed by atoms with E-state index in [2.05, 4.69) is 17.3 Å². The van der Waals surface area contributed by atoms with E-state index in [1.807, 2.05) is 0 Å². The zero-order valence-corrected chi connectivity index (χ0v) is 14.7. The summed E-state index contributed by atoms with van der Waals surface area (Å²) in [7, 11) is 3.14. The van der Waals surface area contributed by atoms with Crippen molar-refractivity contribution in [2.75, 3.05) is 14.2 Å². The summed E-state index contributed by atoms with van der Waals surface area (Å²) in [6.07, 6.45) is 8.07. The van der Waals surface area contributed by atoms with E-state index >= 15 is 0 Å². The predicted molar refractivity (Wildman–Crippen MR) is 93.8 cm³/mol. The number of ether oxygens (including phenoxy) is 2. The highest BCUT2D eigenvalue weighted by Crippen LogP contribution is 2.73. The van der Waals surface area contributed by atoms with Gasteiger partial charge < -0.3 is 9.47 Å². The van der Waals surface area contributed by atoms with E-state index in [0.717, 1.165) is 17.9 Å². The lowest BCUT2D eigenvalue weighted by molar-refractivity contribution is -0.141. The largest absolute Gasteiger partial charge is 0.497 e. The van der Waals surface area contributed by atoms with E-state index in [9.17, 15) is 9.59 Å². The molecule has 6 nitrogen and oxygen atoms in total. The summed E-state index contributed by atoms with van der Waals surface area (Å²) in [4.78, 5) is 25.8. The third-order valence-electron chi connectivity index (χ3n) is 6.58. The van der Waals surface area contributed by atoms with E-state index in [-0.39, 0.29) is 40.9 Å². The Labute approximate surface area is 151 Å². The molecule has 5 rings (SSSR count). The average molecular weight is 352 g/mol. The summed E-state index contributed by atoms with van der Waals surface area (Å²) in [5, 5.41) is 5.30. The second kappa shape index (κ2) is 5.19. The molecule has 1 heterocycles. The van der Waals surface area contributed by atoms with Gasteiger partial charge >= 0.3 is 0 Å². The highest BCUT2D eigenvalue weighted by Gasteiger charge is 2.73. The molecule has 4 aliphatic rings. The van der Waals surface area contributed by atoms with Crippen LogP contribution in [0, 0.1) is 29.1 Å². The van der Waals surface area contributed by atoms with Gasteiger partial charge in [-0.2, -0.15) is 10.1 Å². The van der Waals surface area contributed by atoms with Crippen LogP contribution in [0.4, 0.5) is 0 Å². The lowest BCUT2D eigenvalue weighted by Crippen LogP contribution is -2.30. The van der Waals surface area contributed by atoms with Crippen molar-refractivity contribution in [1.82, 2.24) is 5.01 Å². The molecule has 1 spiro atoms. The zero-order chi connectivity index (χ0) is 18.1. The van der Waals surface area contributed by atoms with Crippen LogP contribution >= 0.6 is 0 Å². The van der Waals surface area contributed by atoms with Crippen LogP contribution < -0.4 is 9.47 Å². The Morgan fingerprint density at radius 1 is 1.08 bits per heavy atom. The van der Waals surface area contributed by atoms with Crippen LogP contribution in [0.15, 0.2) is 35.5 Å².